The second kappa shape index (κ2) is 7.78. The fourth-order valence-corrected chi connectivity index (χ4v) is 4.34. The van der Waals surface area contributed by atoms with Gasteiger partial charge in [0.1, 0.15) is 5.82 Å². The summed E-state index contributed by atoms with van der Waals surface area (Å²) in [4.78, 5) is 20.0. The number of hydrogen-bond acceptors (Lipinski definition) is 3. The molecule has 3 heterocycles. The number of likely N-dealkylation sites (tertiary alicyclic amines) is 1. The van der Waals surface area contributed by atoms with Crippen molar-refractivity contribution in [2.45, 2.75) is 52.0 Å². The maximum atomic E-state index is 13.1. The normalized spacial score (nSPS) is 17.4. The summed E-state index contributed by atoms with van der Waals surface area (Å²) < 4.78 is 4.17. The average molecular weight is 380 g/mol. The van der Waals surface area contributed by atoms with Crippen molar-refractivity contribution in [2.24, 2.45) is 7.05 Å². The summed E-state index contributed by atoms with van der Waals surface area (Å²) >= 11 is 0. The summed E-state index contributed by atoms with van der Waals surface area (Å²) in [6, 6.07) is 10.3. The zero-order chi connectivity index (χ0) is 19.7. The lowest BCUT2D eigenvalue weighted by molar-refractivity contribution is 0.0696. The standard InChI is InChI=1S/C22H29N5O/c1-4-12-27-20-11-7-6-10-18(20)23-21(27)16-9-8-13-26(15-16)22(28)19-14-17(5-2)25(3)24-19/h6-7,10-11,14,16H,4-5,8-9,12-13,15H2,1-3H3. The van der Waals surface area contributed by atoms with E-state index in [-0.39, 0.29) is 11.8 Å². The number of imidazole rings is 1. The van der Waals surface area contributed by atoms with Crippen LogP contribution >= 0.6 is 0 Å². The van der Waals surface area contributed by atoms with Crippen LogP contribution in [0.1, 0.15) is 61.0 Å². The molecular weight excluding hydrogens is 350 g/mol. The number of nitrogens with zero attached hydrogens (tertiary/aromatic N) is 5. The van der Waals surface area contributed by atoms with Gasteiger partial charge in [-0.1, -0.05) is 26.0 Å². The summed E-state index contributed by atoms with van der Waals surface area (Å²) in [7, 11) is 1.90. The Bertz CT molecular complexity index is 986. The minimum Gasteiger partial charge on any atom is -0.337 e. The predicted molar refractivity (Wildman–Crippen MR) is 110 cm³/mol. The lowest BCUT2D eigenvalue weighted by atomic mass is 9.96. The van der Waals surface area contributed by atoms with Crippen LogP contribution in [0, 0.1) is 0 Å². The van der Waals surface area contributed by atoms with Gasteiger partial charge in [0.05, 0.1) is 11.0 Å². The van der Waals surface area contributed by atoms with Gasteiger partial charge in [0.15, 0.2) is 5.69 Å². The number of aromatic nitrogens is 4. The van der Waals surface area contributed by atoms with Crippen LogP contribution in [-0.4, -0.2) is 43.2 Å². The Kier molecular flexibility index (Phi) is 5.20. The Morgan fingerprint density at radius 2 is 2.07 bits per heavy atom. The highest BCUT2D eigenvalue weighted by Gasteiger charge is 2.30. The molecule has 1 saturated heterocycles. The second-order valence-electron chi connectivity index (χ2n) is 7.70. The van der Waals surface area contributed by atoms with Crippen molar-refractivity contribution in [3.8, 4) is 0 Å². The van der Waals surface area contributed by atoms with E-state index in [0.717, 1.165) is 55.8 Å². The molecule has 28 heavy (non-hydrogen) atoms. The molecule has 1 aromatic carbocycles. The van der Waals surface area contributed by atoms with Crippen LogP contribution in [0.15, 0.2) is 30.3 Å². The monoisotopic (exact) mass is 379 g/mol. The Labute approximate surface area is 166 Å². The van der Waals surface area contributed by atoms with Crippen LogP contribution in [0.2, 0.25) is 0 Å². The van der Waals surface area contributed by atoms with E-state index in [0.29, 0.717) is 12.2 Å². The highest BCUT2D eigenvalue weighted by Crippen LogP contribution is 2.30. The van der Waals surface area contributed by atoms with Crippen LogP contribution in [0.3, 0.4) is 0 Å². The van der Waals surface area contributed by atoms with Crippen LogP contribution in [0.4, 0.5) is 0 Å². The molecule has 0 radical (unpaired) electrons. The van der Waals surface area contributed by atoms with Gasteiger partial charge in [-0.05, 0) is 43.9 Å². The second-order valence-corrected chi connectivity index (χ2v) is 7.70. The number of fused-ring (bicyclic) bond motifs is 1. The fraction of sp³-hybridized carbons (Fsp3) is 0.500. The lowest BCUT2D eigenvalue weighted by Crippen LogP contribution is -2.40. The molecule has 6 nitrogen and oxygen atoms in total. The largest absolute Gasteiger partial charge is 0.337 e. The third-order valence-electron chi connectivity index (χ3n) is 5.76. The quantitative estimate of drug-likeness (QED) is 0.678. The zero-order valence-electron chi connectivity index (χ0n) is 17.1. The van der Waals surface area contributed by atoms with E-state index in [1.807, 2.05) is 28.8 Å². The number of hydrogen-bond donors (Lipinski definition) is 0. The molecule has 0 saturated carbocycles. The van der Waals surface area contributed by atoms with E-state index in [9.17, 15) is 4.79 Å². The van der Waals surface area contributed by atoms with Crippen molar-refractivity contribution in [3.05, 3.63) is 47.5 Å². The van der Waals surface area contributed by atoms with E-state index >= 15 is 0 Å². The van der Waals surface area contributed by atoms with Gasteiger partial charge >= 0.3 is 0 Å². The van der Waals surface area contributed by atoms with Crippen molar-refractivity contribution in [3.63, 3.8) is 0 Å². The molecule has 3 aromatic rings. The minimum atomic E-state index is 0.0400. The van der Waals surface area contributed by atoms with Crippen molar-refractivity contribution >= 4 is 16.9 Å². The Balaban J connectivity index is 1.61. The van der Waals surface area contributed by atoms with Crippen molar-refractivity contribution in [1.29, 1.82) is 0 Å². The number of carbonyl (C=O) groups excluding carboxylic acids is 1. The van der Waals surface area contributed by atoms with Gasteiger partial charge in [0, 0.05) is 38.3 Å². The molecule has 4 rings (SSSR count). The minimum absolute atomic E-state index is 0.0400. The third-order valence-corrected chi connectivity index (χ3v) is 5.76. The third kappa shape index (κ3) is 3.32. The van der Waals surface area contributed by atoms with Gasteiger partial charge in [-0.15, -0.1) is 0 Å². The molecule has 1 unspecified atom stereocenters. The molecule has 148 valence electrons. The first-order chi connectivity index (χ1) is 13.6. The van der Waals surface area contributed by atoms with Gasteiger partial charge in [0.2, 0.25) is 0 Å². The highest BCUT2D eigenvalue weighted by molar-refractivity contribution is 5.92. The van der Waals surface area contributed by atoms with Gasteiger partial charge in [-0.3, -0.25) is 9.48 Å². The van der Waals surface area contributed by atoms with E-state index in [1.165, 1.54) is 5.52 Å². The molecule has 1 amide bonds. The molecule has 1 aliphatic heterocycles. The Hall–Kier alpha value is -2.63. The molecular formula is C22H29N5O. The van der Waals surface area contributed by atoms with E-state index in [2.05, 4.69) is 41.7 Å². The smallest absolute Gasteiger partial charge is 0.274 e. The lowest BCUT2D eigenvalue weighted by Gasteiger charge is -2.32. The van der Waals surface area contributed by atoms with Crippen LogP contribution in [-0.2, 0) is 20.0 Å². The van der Waals surface area contributed by atoms with Crippen LogP contribution in [0.5, 0.6) is 0 Å². The van der Waals surface area contributed by atoms with Crippen LogP contribution in [0.25, 0.3) is 11.0 Å². The van der Waals surface area contributed by atoms with Crippen molar-refractivity contribution < 1.29 is 4.79 Å². The Morgan fingerprint density at radius 1 is 1.25 bits per heavy atom. The summed E-state index contributed by atoms with van der Waals surface area (Å²) in [6.45, 7) is 6.74. The van der Waals surface area contributed by atoms with Crippen molar-refractivity contribution in [2.75, 3.05) is 13.1 Å². The molecule has 0 aliphatic carbocycles. The molecule has 6 heteroatoms. The SMILES string of the molecule is CCCn1c(C2CCCN(C(=O)c3cc(CC)n(C)n3)C2)nc2ccccc21. The highest BCUT2D eigenvalue weighted by atomic mass is 16.2. The number of rotatable bonds is 5. The number of carbonyl (C=O) groups is 1. The molecule has 1 fully saturated rings. The molecule has 0 spiro atoms. The summed E-state index contributed by atoms with van der Waals surface area (Å²) in [6.07, 6.45) is 4.01. The first kappa shape index (κ1) is 18.7. The molecule has 0 N–H and O–H groups in total. The van der Waals surface area contributed by atoms with E-state index < -0.39 is 0 Å². The summed E-state index contributed by atoms with van der Waals surface area (Å²) in [5.74, 6) is 1.43. The number of aryl methyl sites for hydroxylation is 3. The summed E-state index contributed by atoms with van der Waals surface area (Å²) in [5, 5.41) is 4.44. The first-order valence-electron chi connectivity index (χ1n) is 10.4. The number of benzene rings is 1. The maximum Gasteiger partial charge on any atom is 0.274 e. The first-order valence-corrected chi connectivity index (χ1v) is 10.4. The van der Waals surface area contributed by atoms with Gasteiger partial charge in [-0.25, -0.2) is 4.98 Å². The van der Waals surface area contributed by atoms with E-state index in [1.54, 1.807) is 0 Å². The molecule has 2 aromatic heterocycles. The predicted octanol–water partition coefficient (Wildman–Crippen LogP) is 3.76. The number of piperidine rings is 1. The summed E-state index contributed by atoms with van der Waals surface area (Å²) in [5.41, 5.74) is 3.88. The zero-order valence-corrected chi connectivity index (χ0v) is 17.1. The van der Waals surface area contributed by atoms with Crippen molar-refractivity contribution in [1.82, 2.24) is 24.2 Å². The van der Waals surface area contributed by atoms with Gasteiger partial charge in [-0.2, -0.15) is 5.10 Å². The number of para-hydroxylation sites is 2. The van der Waals surface area contributed by atoms with Gasteiger partial charge < -0.3 is 9.47 Å². The van der Waals surface area contributed by atoms with Crippen LogP contribution < -0.4 is 0 Å². The topological polar surface area (TPSA) is 56.0 Å². The maximum absolute atomic E-state index is 13.1. The molecule has 1 aliphatic rings. The van der Waals surface area contributed by atoms with Gasteiger partial charge in [0.25, 0.3) is 5.91 Å². The molecule has 1 atom stereocenters. The Morgan fingerprint density at radius 3 is 2.82 bits per heavy atom. The van der Waals surface area contributed by atoms with E-state index in [4.69, 9.17) is 4.98 Å². The fourth-order valence-electron chi connectivity index (χ4n) is 4.34. The number of amides is 1. The average Bonchev–Trinajstić information content (AvgIpc) is 3.28. The molecule has 0 bridgehead atoms.